The molecule has 0 aromatic rings. The fraction of sp³-hybridized carbons (Fsp3) is 0.846. The molecule has 7 heteroatoms. The quantitative estimate of drug-likeness (QED) is 0.528. The minimum Gasteiger partial charge on any atom is -0.480 e. The number of aliphatic hydroxyl groups excluding tert-OH is 1. The molecule has 0 bridgehead atoms. The fourth-order valence-corrected chi connectivity index (χ4v) is 2.39. The lowest BCUT2D eigenvalue weighted by Gasteiger charge is -2.32. The molecule has 1 unspecified atom stereocenters. The summed E-state index contributed by atoms with van der Waals surface area (Å²) in [5.41, 5.74) is 0. The Morgan fingerprint density at radius 3 is 2.50 bits per heavy atom. The number of amides is 2. The van der Waals surface area contributed by atoms with E-state index in [4.69, 9.17) is 10.2 Å². The molecule has 116 valence electrons. The number of aliphatic carboxylic acids is 1. The fourth-order valence-electron chi connectivity index (χ4n) is 2.39. The molecule has 7 nitrogen and oxygen atoms in total. The number of hydrogen-bond donors (Lipinski definition) is 4. The molecule has 0 aromatic heterocycles. The van der Waals surface area contributed by atoms with Crippen molar-refractivity contribution in [3.8, 4) is 0 Å². The van der Waals surface area contributed by atoms with Crippen LogP contribution in [0.5, 0.6) is 0 Å². The van der Waals surface area contributed by atoms with Gasteiger partial charge in [0.15, 0.2) is 0 Å². The van der Waals surface area contributed by atoms with E-state index in [1.54, 1.807) is 0 Å². The van der Waals surface area contributed by atoms with E-state index < -0.39 is 18.0 Å². The Kier molecular flexibility index (Phi) is 7.32. The Morgan fingerprint density at radius 1 is 1.35 bits per heavy atom. The number of piperidine rings is 1. The third-order valence-corrected chi connectivity index (χ3v) is 3.48. The third-order valence-electron chi connectivity index (χ3n) is 3.48. The van der Waals surface area contributed by atoms with E-state index in [0.717, 1.165) is 38.9 Å². The molecule has 2 amide bonds. The van der Waals surface area contributed by atoms with Crippen molar-refractivity contribution >= 4 is 12.0 Å². The molecule has 1 aliphatic heterocycles. The third kappa shape index (κ3) is 5.75. The minimum atomic E-state index is -1.13. The minimum absolute atomic E-state index is 0.0116. The molecule has 20 heavy (non-hydrogen) atoms. The van der Waals surface area contributed by atoms with Crippen LogP contribution in [0.3, 0.4) is 0 Å². The highest BCUT2D eigenvalue weighted by molar-refractivity contribution is 5.82. The van der Waals surface area contributed by atoms with Gasteiger partial charge in [0.25, 0.3) is 0 Å². The van der Waals surface area contributed by atoms with Crippen molar-refractivity contribution in [1.29, 1.82) is 0 Å². The SMILES string of the molecule is CCCN1CCC(NC(=O)NC(CCO)C(=O)O)CC1. The van der Waals surface area contributed by atoms with Crippen molar-refractivity contribution in [1.82, 2.24) is 15.5 Å². The summed E-state index contributed by atoms with van der Waals surface area (Å²) in [7, 11) is 0. The predicted octanol–water partition coefficient (Wildman–Crippen LogP) is -0.00440. The molecule has 1 fully saturated rings. The molecule has 1 atom stereocenters. The summed E-state index contributed by atoms with van der Waals surface area (Å²) in [5, 5.41) is 22.8. The summed E-state index contributed by atoms with van der Waals surface area (Å²) >= 11 is 0. The van der Waals surface area contributed by atoms with Gasteiger partial charge in [-0.2, -0.15) is 0 Å². The van der Waals surface area contributed by atoms with Gasteiger partial charge in [-0.15, -0.1) is 0 Å². The number of carbonyl (C=O) groups excluding carboxylic acids is 1. The smallest absolute Gasteiger partial charge is 0.326 e. The predicted molar refractivity (Wildman–Crippen MR) is 74.5 cm³/mol. The van der Waals surface area contributed by atoms with Crippen LogP contribution in [0.4, 0.5) is 4.79 Å². The van der Waals surface area contributed by atoms with Crippen LogP contribution >= 0.6 is 0 Å². The topological polar surface area (TPSA) is 102 Å². The largest absolute Gasteiger partial charge is 0.480 e. The van der Waals surface area contributed by atoms with Gasteiger partial charge in [0.1, 0.15) is 6.04 Å². The summed E-state index contributed by atoms with van der Waals surface area (Å²) in [6.45, 7) is 4.86. The second-order valence-corrected chi connectivity index (χ2v) is 5.14. The van der Waals surface area contributed by atoms with Gasteiger partial charge in [0.2, 0.25) is 0 Å². The van der Waals surface area contributed by atoms with Crippen LogP contribution in [-0.2, 0) is 4.79 Å². The Bertz CT molecular complexity index is 317. The molecule has 0 spiro atoms. The zero-order chi connectivity index (χ0) is 15.0. The second kappa shape index (κ2) is 8.76. The Hall–Kier alpha value is -1.34. The van der Waals surface area contributed by atoms with Crippen molar-refractivity contribution in [2.75, 3.05) is 26.2 Å². The van der Waals surface area contributed by atoms with E-state index in [9.17, 15) is 9.59 Å². The normalized spacial score (nSPS) is 18.5. The first-order valence-corrected chi connectivity index (χ1v) is 7.19. The van der Waals surface area contributed by atoms with Crippen LogP contribution in [0.15, 0.2) is 0 Å². The Labute approximate surface area is 119 Å². The van der Waals surface area contributed by atoms with Gasteiger partial charge in [-0.05, 0) is 25.8 Å². The first kappa shape index (κ1) is 16.7. The summed E-state index contributed by atoms with van der Waals surface area (Å²) < 4.78 is 0. The summed E-state index contributed by atoms with van der Waals surface area (Å²) in [6.07, 6.45) is 2.90. The number of urea groups is 1. The maximum absolute atomic E-state index is 11.7. The van der Waals surface area contributed by atoms with Crippen molar-refractivity contribution in [2.45, 2.75) is 44.7 Å². The van der Waals surface area contributed by atoms with Gasteiger partial charge < -0.3 is 25.7 Å². The van der Waals surface area contributed by atoms with E-state index >= 15 is 0 Å². The maximum Gasteiger partial charge on any atom is 0.326 e. The molecule has 0 radical (unpaired) electrons. The number of carboxylic acid groups (broad SMARTS) is 1. The highest BCUT2D eigenvalue weighted by atomic mass is 16.4. The average Bonchev–Trinajstić information content (AvgIpc) is 2.40. The van der Waals surface area contributed by atoms with E-state index in [1.807, 2.05) is 0 Å². The molecule has 0 aromatic carbocycles. The van der Waals surface area contributed by atoms with E-state index in [1.165, 1.54) is 0 Å². The summed E-state index contributed by atoms with van der Waals surface area (Å²) in [5.74, 6) is -1.13. The lowest BCUT2D eigenvalue weighted by molar-refractivity contribution is -0.139. The van der Waals surface area contributed by atoms with Crippen LogP contribution in [0.1, 0.15) is 32.6 Å². The number of nitrogens with one attached hydrogen (secondary N) is 2. The number of aliphatic hydroxyl groups is 1. The van der Waals surface area contributed by atoms with Crippen LogP contribution in [0.2, 0.25) is 0 Å². The highest BCUT2D eigenvalue weighted by Gasteiger charge is 2.23. The zero-order valence-corrected chi connectivity index (χ0v) is 12.0. The van der Waals surface area contributed by atoms with Crippen molar-refractivity contribution in [3.05, 3.63) is 0 Å². The van der Waals surface area contributed by atoms with Gasteiger partial charge in [0, 0.05) is 32.2 Å². The van der Waals surface area contributed by atoms with Crippen LogP contribution < -0.4 is 10.6 Å². The van der Waals surface area contributed by atoms with E-state index in [2.05, 4.69) is 22.5 Å². The summed E-state index contributed by atoms with van der Waals surface area (Å²) in [6, 6.07) is -1.42. The highest BCUT2D eigenvalue weighted by Crippen LogP contribution is 2.10. The number of nitrogens with zero attached hydrogens (tertiary/aromatic N) is 1. The number of carbonyl (C=O) groups is 2. The average molecular weight is 287 g/mol. The van der Waals surface area contributed by atoms with Gasteiger partial charge in [0.05, 0.1) is 0 Å². The monoisotopic (exact) mass is 287 g/mol. The number of rotatable bonds is 7. The van der Waals surface area contributed by atoms with Gasteiger partial charge in [-0.1, -0.05) is 6.92 Å². The zero-order valence-electron chi connectivity index (χ0n) is 12.0. The van der Waals surface area contributed by atoms with Crippen molar-refractivity contribution in [3.63, 3.8) is 0 Å². The number of hydrogen-bond acceptors (Lipinski definition) is 4. The van der Waals surface area contributed by atoms with Gasteiger partial charge >= 0.3 is 12.0 Å². The first-order chi connectivity index (χ1) is 9.56. The standard InChI is InChI=1S/C13H25N3O4/c1-2-6-16-7-3-10(4-8-16)14-13(20)15-11(5-9-17)12(18)19/h10-11,17H,2-9H2,1H3,(H,18,19)(H2,14,15,20). The molecule has 1 aliphatic rings. The van der Waals surface area contributed by atoms with E-state index in [-0.39, 0.29) is 19.1 Å². The molecule has 4 N–H and O–H groups in total. The first-order valence-electron chi connectivity index (χ1n) is 7.19. The molecule has 0 aliphatic carbocycles. The number of likely N-dealkylation sites (tertiary alicyclic amines) is 1. The molecule has 1 heterocycles. The lowest BCUT2D eigenvalue weighted by Crippen LogP contribution is -2.51. The maximum atomic E-state index is 11.7. The molecule has 0 saturated carbocycles. The summed E-state index contributed by atoms with van der Waals surface area (Å²) in [4.78, 5) is 25.0. The van der Waals surface area contributed by atoms with Crippen molar-refractivity contribution in [2.24, 2.45) is 0 Å². The Morgan fingerprint density at radius 2 is 2.00 bits per heavy atom. The van der Waals surface area contributed by atoms with Crippen LogP contribution in [0, 0.1) is 0 Å². The van der Waals surface area contributed by atoms with E-state index in [0.29, 0.717) is 0 Å². The van der Waals surface area contributed by atoms with Crippen molar-refractivity contribution < 1.29 is 19.8 Å². The van der Waals surface area contributed by atoms with Crippen LogP contribution in [0.25, 0.3) is 0 Å². The van der Waals surface area contributed by atoms with Gasteiger partial charge in [-0.25, -0.2) is 9.59 Å². The van der Waals surface area contributed by atoms with Gasteiger partial charge in [-0.3, -0.25) is 0 Å². The molecule has 1 saturated heterocycles. The molecular weight excluding hydrogens is 262 g/mol. The Balaban J connectivity index is 2.30. The second-order valence-electron chi connectivity index (χ2n) is 5.14. The molecule has 1 rings (SSSR count). The van der Waals surface area contributed by atoms with Crippen LogP contribution in [-0.4, -0.2) is 65.4 Å². The lowest BCUT2D eigenvalue weighted by atomic mass is 10.1. The molecular formula is C13H25N3O4. The number of carboxylic acids is 1.